The van der Waals surface area contributed by atoms with Crippen molar-refractivity contribution in [1.29, 1.82) is 0 Å². The van der Waals surface area contributed by atoms with Gasteiger partial charge in [-0.25, -0.2) is 9.37 Å². The Hall–Kier alpha value is -6.01. The van der Waals surface area contributed by atoms with E-state index in [0.29, 0.717) is 65.8 Å². The van der Waals surface area contributed by atoms with Gasteiger partial charge in [-0.2, -0.15) is 4.98 Å². The summed E-state index contributed by atoms with van der Waals surface area (Å²) in [5, 5.41) is 11.6. The molecule has 0 aliphatic carbocycles. The maximum atomic E-state index is 15.9. The van der Waals surface area contributed by atoms with E-state index in [2.05, 4.69) is 36.1 Å². The summed E-state index contributed by atoms with van der Waals surface area (Å²) in [6, 6.07) is 9.03. The fraction of sp³-hybridized carbons (Fsp3) is 0.452. The third-order valence-electron chi connectivity index (χ3n) is 11.3. The molecule has 4 aromatic rings. The van der Waals surface area contributed by atoms with Gasteiger partial charge in [-0.05, 0) is 69.4 Å². The molecular formula is C42H50ClFN10O7. The quantitative estimate of drug-likeness (QED) is 0.143. The average Bonchev–Trinajstić information content (AvgIpc) is 3.25. The largest absolute Gasteiger partial charge is 0.497 e. The second-order valence-electron chi connectivity index (χ2n) is 15.7. The lowest BCUT2D eigenvalue weighted by Gasteiger charge is -2.39. The van der Waals surface area contributed by atoms with Crippen molar-refractivity contribution in [3.63, 3.8) is 0 Å². The highest BCUT2D eigenvalue weighted by Gasteiger charge is 2.31. The second-order valence-corrected chi connectivity index (χ2v) is 16.1. The first-order valence-electron chi connectivity index (χ1n) is 20.4. The number of rotatable bonds is 13. The third-order valence-corrected chi connectivity index (χ3v) is 11.6. The van der Waals surface area contributed by atoms with Crippen LogP contribution in [-0.4, -0.2) is 116 Å². The first-order valence-corrected chi connectivity index (χ1v) is 20.8. The van der Waals surface area contributed by atoms with E-state index in [1.54, 1.807) is 22.9 Å². The van der Waals surface area contributed by atoms with Gasteiger partial charge in [0.2, 0.25) is 17.8 Å². The minimum atomic E-state index is -0.929. The van der Waals surface area contributed by atoms with Gasteiger partial charge in [0.15, 0.2) is 24.0 Å². The molecule has 61 heavy (non-hydrogen) atoms. The van der Waals surface area contributed by atoms with Crippen LogP contribution in [0.1, 0.15) is 55.9 Å². The van der Waals surface area contributed by atoms with Crippen LogP contribution >= 0.6 is 11.6 Å². The average molecular weight is 861 g/mol. The Labute approximate surface area is 356 Å². The van der Waals surface area contributed by atoms with E-state index in [0.717, 1.165) is 37.9 Å². The number of fused-ring (bicyclic) bond motifs is 1. The summed E-state index contributed by atoms with van der Waals surface area (Å²) < 4.78 is 28.6. The molecule has 3 aliphatic rings. The Balaban J connectivity index is 0.944. The van der Waals surface area contributed by atoms with E-state index in [1.807, 2.05) is 36.9 Å². The minimum Gasteiger partial charge on any atom is -0.497 e. The van der Waals surface area contributed by atoms with E-state index in [9.17, 15) is 24.0 Å². The zero-order chi connectivity index (χ0) is 43.4. The SMILES string of the molecule is CNC(=O)COc1cc2cc(Nc3nc(N4CCN(CC5CCN(c6cc(OC)cc(C(=O)NC7CCC(=O)NC7=O)c6F)CC5)CC4)ncc3Cl)ccc2n(C(C)C)c1=O. The Morgan fingerprint density at radius 2 is 1.75 bits per heavy atom. The topological polar surface area (TPSA) is 192 Å². The summed E-state index contributed by atoms with van der Waals surface area (Å²) >= 11 is 6.58. The number of methoxy groups -OCH3 is 1. The smallest absolute Gasteiger partial charge is 0.293 e. The predicted molar refractivity (Wildman–Crippen MR) is 229 cm³/mol. The fourth-order valence-corrected chi connectivity index (χ4v) is 8.12. The molecule has 3 aliphatic heterocycles. The van der Waals surface area contributed by atoms with Crippen molar-refractivity contribution in [2.24, 2.45) is 5.92 Å². The van der Waals surface area contributed by atoms with Gasteiger partial charge in [0.25, 0.3) is 17.4 Å². The Morgan fingerprint density at radius 1 is 1.00 bits per heavy atom. The molecule has 5 heterocycles. The lowest BCUT2D eigenvalue weighted by Crippen LogP contribution is -2.52. The number of carbonyl (C=O) groups is 4. The van der Waals surface area contributed by atoms with E-state index in [1.165, 1.54) is 20.2 Å². The number of amides is 4. The number of nitrogens with one attached hydrogen (secondary N) is 4. The van der Waals surface area contributed by atoms with Gasteiger partial charge in [0.1, 0.15) is 16.8 Å². The number of piperazine rings is 1. The van der Waals surface area contributed by atoms with Gasteiger partial charge in [-0.3, -0.25) is 34.2 Å². The molecule has 3 fully saturated rings. The van der Waals surface area contributed by atoms with Crippen LogP contribution in [-0.2, 0) is 14.4 Å². The number of benzene rings is 2. The first-order chi connectivity index (χ1) is 29.3. The zero-order valence-corrected chi connectivity index (χ0v) is 35.3. The van der Waals surface area contributed by atoms with Crippen LogP contribution in [0.25, 0.3) is 10.9 Å². The van der Waals surface area contributed by atoms with Gasteiger partial charge < -0.3 is 39.8 Å². The number of nitrogens with zero attached hydrogens (tertiary/aromatic N) is 6. The van der Waals surface area contributed by atoms with E-state index in [4.69, 9.17) is 26.1 Å². The fourth-order valence-electron chi connectivity index (χ4n) is 7.98. The van der Waals surface area contributed by atoms with Crippen molar-refractivity contribution in [2.45, 2.75) is 51.6 Å². The number of carbonyl (C=O) groups excluding carboxylic acids is 4. The predicted octanol–water partition coefficient (Wildman–Crippen LogP) is 3.62. The number of piperidine rings is 2. The van der Waals surface area contributed by atoms with Crippen LogP contribution in [0.15, 0.2) is 47.4 Å². The van der Waals surface area contributed by atoms with E-state index < -0.39 is 29.6 Å². The van der Waals surface area contributed by atoms with Crippen LogP contribution < -0.4 is 46.1 Å². The van der Waals surface area contributed by atoms with Gasteiger partial charge >= 0.3 is 0 Å². The molecule has 3 saturated heterocycles. The molecule has 7 rings (SSSR count). The van der Waals surface area contributed by atoms with Gasteiger partial charge in [0.05, 0.1) is 30.1 Å². The normalized spacial score (nSPS) is 17.7. The molecule has 1 unspecified atom stereocenters. The van der Waals surface area contributed by atoms with Crippen molar-refractivity contribution < 1.29 is 33.0 Å². The summed E-state index contributed by atoms with van der Waals surface area (Å²) in [5.74, 6) is -1.02. The molecule has 2 aromatic carbocycles. The highest BCUT2D eigenvalue weighted by Crippen LogP contribution is 2.33. The van der Waals surface area contributed by atoms with Gasteiger partial charge in [-0.15, -0.1) is 0 Å². The standard InChI is InChI=1S/C42H50ClFN10O7/c1-24(2)54-32-7-5-27(17-26(32)18-34(41(54)59)61-23-36(56)45-3)47-38-30(43)21-46-42(50-38)53-15-13-51(14-16-53)22-25-9-11-52(12-10-25)33-20-28(60-4)19-29(37(33)44)39(57)48-31-6-8-35(55)49-40(31)58/h5,7,17-21,24-25,31H,6,8-16,22-23H2,1-4H3,(H,45,56)(H,48,57)(H,46,47,50)(H,49,55,58). The Morgan fingerprint density at radius 3 is 2.44 bits per heavy atom. The molecule has 324 valence electrons. The monoisotopic (exact) mass is 860 g/mol. The number of imide groups is 1. The third kappa shape index (κ3) is 9.81. The van der Waals surface area contributed by atoms with Crippen molar-refractivity contribution in [1.82, 2.24) is 35.4 Å². The van der Waals surface area contributed by atoms with Crippen LogP contribution in [0.4, 0.5) is 27.5 Å². The lowest BCUT2D eigenvalue weighted by atomic mass is 9.95. The number of aromatic nitrogens is 3. The molecule has 0 bridgehead atoms. The molecule has 4 N–H and O–H groups in total. The van der Waals surface area contributed by atoms with E-state index in [-0.39, 0.29) is 54.0 Å². The number of hydrogen-bond donors (Lipinski definition) is 4. The number of anilines is 4. The number of halogens is 2. The molecule has 4 amide bonds. The summed E-state index contributed by atoms with van der Waals surface area (Å²) in [4.78, 5) is 77.8. The number of ether oxygens (including phenoxy) is 2. The molecular weight excluding hydrogens is 811 g/mol. The number of hydrogen-bond acceptors (Lipinski definition) is 13. The highest BCUT2D eigenvalue weighted by molar-refractivity contribution is 6.33. The zero-order valence-electron chi connectivity index (χ0n) is 34.6. The Bertz CT molecular complexity index is 2380. The number of likely N-dealkylation sites (N-methyl/N-ethyl adjacent to an activating group) is 1. The van der Waals surface area contributed by atoms with Crippen molar-refractivity contribution >= 4 is 69.3 Å². The maximum Gasteiger partial charge on any atom is 0.293 e. The molecule has 17 nitrogen and oxygen atoms in total. The van der Waals surface area contributed by atoms with Crippen molar-refractivity contribution in [3.05, 3.63) is 69.4 Å². The van der Waals surface area contributed by atoms with Crippen LogP contribution in [0.2, 0.25) is 5.02 Å². The molecule has 19 heteroatoms. The Kier molecular flexibility index (Phi) is 13.2. The second kappa shape index (κ2) is 18.7. The van der Waals surface area contributed by atoms with E-state index >= 15 is 4.39 Å². The molecule has 1 atom stereocenters. The number of pyridine rings is 1. The van der Waals surface area contributed by atoms with Crippen LogP contribution in [0, 0.1) is 11.7 Å². The first kappa shape index (κ1) is 43.1. The highest BCUT2D eigenvalue weighted by atomic mass is 35.5. The summed E-state index contributed by atoms with van der Waals surface area (Å²) in [5.41, 5.74) is 1.13. The van der Waals surface area contributed by atoms with Gasteiger partial charge in [-0.1, -0.05) is 11.6 Å². The molecule has 2 aromatic heterocycles. The van der Waals surface area contributed by atoms with Gasteiger partial charge in [0, 0.05) is 82.5 Å². The minimum absolute atomic E-state index is 0.0738. The molecule has 0 spiro atoms. The van der Waals surface area contributed by atoms with Crippen LogP contribution in [0.3, 0.4) is 0 Å². The summed E-state index contributed by atoms with van der Waals surface area (Å²) in [6.07, 6.45) is 3.48. The molecule has 0 saturated carbocycles. The summed E-state index contributed by atoms with van der Waals surface area (Å²) in [7, 11) is 2.95. The molecule has 0 radical (unpaired) electrons. The summed E-state index contributed by atoms with van der Waals surface area (Å²) in [6.45, 7) is 8.64. The van der Waals surface area contributed by atoms with Crippen LogP contribution in [0.5, 0.6) is 11.5 Å². The van der Waals surface area contributed by atoms with Crippen molar-refractivity contribution in [2.75, 3.05) is 81.7 Å². The van der Waals surface area contributed by atoms with Crippen molar-refractivity contribution in [3.8, 4) is 11.5 Å². The maximum absolute atomic E-state index is 15.9. The lowest BCUT2D eigenvalue weighted by molar-refractivity contribution is -0.134.